The quantitative estimate of drug-likeness (QED) is 0.840. The number of anilines is 1. The molecule has 2 aromatic heterocycles. The van der Waals surface area contributed by atoms with Gasteiger partial charge in [0.2, 0.25) is 5.76 Å². The molecule has 0 N–H and O–H groups in total. The summed E-state index contributed by atoms with van der Waals surface area (Å²) in [4.78, 5) is 20.5. The minimum atomic E-state index is -0.161. The SMILES string of the molecule is COc1cc(C(=O)N2CCN(c3ccccn3)CC2)on1. The summed E-state index contributed by atoms with van der Waals surface area (Å²) in [6, 6.07) is 7.33. The van der Waals surface area contributed by atoms with E-state index in [-0.39, 0.29) is 11.7 Å². The second-order valence-electron chi connectivity index (χ2n) is 4.70. The third kappa shape index (κ3) is 2.81. The lowest BCUT2D eigenvalue weighted by Crippen LogP contribution is -2.49. The summed E-state index contributed by atoms with van der Waals surface area (Å²) in [5.74, 6) is 1.29. The molecule has 0 aromatic carbocycles. The van der Waals surface area contributed by atoms with Gasteiger partial charge in [0.15, 0.2) is 0 Å². The Morgan fingerprint density at radius 3 is 2.71 bits per heavy atom. The summed E-state index contributed by atoms with van der Waals surface area (Å²) in [7, 11) is 1.48. The number of methoxy groups -OCH3 is 1. The van der Waals surface area contributed by atoms with Crippen LogP contribution in [0, 0.1) is 0 Å². The number of nitrogens with zero attached hydrogens (tertiary/aromatic N) is 4. The Bertz CT molecular complexity index is 606. The van der Waals surface area contributed by atoms with Crippen molar-refractivity contribution in [2.75, 3.05) is 38.2 Å². The van der Waals surface area contributed by atoms with E-state index >= 15 is 0 Å². The molecule has 1 saturated heterocycles. The van der Waals surface area contributed by atoms with Gasteiger partial charge in [0.05, 0.1) is 13.2 Å². The first-order chi connectivity index (χ1) is 10.3. The second kappa shape index (κ2) is 5.82. The molecule has 0 bridgehead atoms. The fourth-order valence-corrected chi connectivity index (χ4v) is 2.29. The molecule has 21 heavy (non-hydrogen) atoms. The van der Waals surface area contributed by atoms with E-state index in [1.54, 1.807) is 11.1 Å². The first kappa shape index (κ1) is 13.4. The molecule has 3 heterocycles. The highest BCUT2D eigenvalue weighted by Crippen LogP contribution is 2.16. The smallest absolute Gasteiger partial charge is 0.292 e. The minimum absolute atomic E-state index is 0.161. The van der Waals surface area contributed by atoms with Gasteiger partial charge in [0.25, 0.3) is 11.8 Å². The lowest BCUT2D eigenvalue weighted by Gasteiger charge is -2.34. The highest BCUT2D eigenvalue weighted by Gasteiger charge is 2.25. The number of hydrogen-bond acceptors (Lipinski definition) is 6. The molecule has 1 amide bonds. The van der Waals surface area contributed by atoms with Crippen molar-refractivity contribution < 1.29 is 14.1 Å². The van der Waals surface area contributed by atoms with Gasteiger partial charge in [-0.25, -0.2) is 4.98 Å². The average molecular weight is 288 g/mol. The van der Waals surface area contributed by atoms with Crippen molar-refractivity contribution in [2.24, 2.45) is 0 Å². The van der Waals surface area contributed by atoms with Gasteiger partial charge in [-0.15, -0.1) is 0 Å². The summed E-state index contributed by atoms with van der Waals surface area (Å²) in [6.45, 7) is 2.74. The van der Waals surface area contributed by atoms with Crippen molar-refractivity contribution in [1.29, 1.82) is 0 Å². The van der Waals surface area contributed by atoms with Crippen LogP contribution in [-0.4, -0.2) is 54.2 Å². The monoisotopic (exact) mass is 288 g/mol. The summed E-state index contributed by atoms with van der Waals surface area (Å²) in [5.41, 5.74) is 0. The van der Waals surface area contributed by atoms with E-state index < -0.39 is 0 Å². The molecule has 0 saturated carbocycles. The van der Waals surface area contributed by atoms with Gasteiger partial charge >= 0.3 is 0 Å². The standard InChI is InChI=1S/C14H16N4O3/c1-20-13-10-11(21-16-13)14(19)18-8-6-17(7-9-18)12-4-2-3-5-15-12/h2-5,10H,6-9H2,1H3. The lowest BCUT2D eigenvalue weighted by atomic mass is 10.2. The summed E-state index contributed by atoms with van der Waals surface area (Å²) in [6.07, 6.45) is 1.77. The Labute approximate surface area is 122 Å². The van der Waals surface area contributed by atoms with Gasteiger partial charge in [0, 0.05) is 32.4 Å². The fraction of sp³-hybridized carbons (Fsp3) is 0.357. The number of carbonyl (C=O) groups excluding carboxylic acids is 1. The number of carbonyl (C=O) groups is 1. The zero-order chi connectivity index (χ0) is 14.7. The lowest BCUT2D eigenvalue weighted by molar-refractivity contribution is 0.0704. The molecule has 1 aliphatic heterocycles. The molecule has 0 unspecified atom stereocenters. The maximum absolute atomic E-state index is 12.3. The summed E-state index contributed by atoms with van der Waals surface area (Å²) < 4.78 is 9.91. The fourth-order valence-electron chi connectivity index (χ4n) is 2.29. The van der Waals surface area contributed by atoms with Crippen molar-refractivity contribution in [3.05, 3.63) is 36.2 Å². The number of pyridine rings is 1. The molecule has 2 aromatic rings. The van der Waals surface area contributed by atoms with Gasteiger partial charge < -0.3 is 19.1 Å². The molecule has 0 radical (unpaired) electrons. The number of piperazine rings is 1. The molecule has 7 nitrogen and oxygen atoms in total. The van der Waals surface area contributed by atoms with Crippen LogP contribution in [0.2, 0.25) is 0 Å². The zero-order valence-electron chi connectivity index (χ0n) is 11.7. The Morgan fingerprint density at radius 2 is 2.10 bits per heavy atom. The highest BCUT2D eigenvalue weighted by molar-refractivity contribution is 5.91. The van der Waals surface area contributed by atoms with Crippen LogP contribution in [0.3, 0.4) is 0 Å². The number of hydrogen-bond donors (Lipinski definition) is 0. The topological polar surface area (TPSA) is 71.7 Å². The van der Waals surface area contributed by atoms with Crippen LogP contribution in [0.1, 0.15) is 10.6 Å². The third-order valence-corrected chi connectivity index (χ3v) is 3.45. The number of ether oxygens (including phenoxy) is 1. The molecule has 110 valence electrons. The predicted molar refractivity (Wildman–Crippen MR) is 75.4 cm³/mol. The van der Waals surface area contributed by atoms with E-state index in [2.05, 4.69) is 15.0 Å². The van der Waals surface area contributed by atoms with E-state index in [1.165, 1.54) is 13.2 Å². The van der Waals surface area contributed by atoms with Crippen LogP contribution >= 0.6 is 0 Å². The van der Waals surface area contributed by atoms with E-state index in [1.807, 2.05) is 18.2 Å². The Balaban J connectivity index is 1.61. The molecule has 7 heteroatoms. The molecular formula is C14H16N4O3. The molecule has 0 aliphatic carbocycles. The van der Waals surface area contributed by atoms with Crippen molar-refractivity contribution in [2.45, 2.75) is 0 Å². The second-order valence-corrected chi connectivity index (χ2v) is 4.70. The van der Waals surface area contributed by atoms with Crippen molar-refractivity contribution >= 4 is 11.7 Å². The summed E-state index contributed by atoms with van der Waals surface area (Å²) in [5, 5.41) is 3.65. The third-order valence-electron chi connectivity index (χ3n) is 3.45. The maximum Gasteiger partial charge on any atom is 0.292 e. The molecular weight excluding hydrogens is 272 g/mol. The van der Waals surface area contributed by atoms with E-state index in [0.29, 0.717) is 19.0 Å². The first-order valence-electron chi connectivity index (χ1n) is 6.74. The van der Waals surface area contributed by atoms with Crippen molar-refractivity contribution in [3.8, 4) is 5.88 Å². The normalized spacial score (nSPS) is 15.1. The Hall–Kier alpha value is -2.57. The van der Waals surface area contributed by atoms with Gasteiger partial charge in [-0.3, -0.25) is 4.79 Å². The van der Waals surface area contributed by atoms with Crippen molar-refractivity contribution in [3.63, 3.8) is 0 Å². The van der Waals surface area contributed by atoms with Gasteiger partial charge in [-0.05, 0) is 17.3 Å². The van der Waals surface area contributed by atoms with Crippen molar-refractivity contribution in [1.82, 2.24) is 15.0 Å². The van der Waals surface area contributed by atoms with Crippen LogP contribution in [-0.2, 0) is 0 Å². The van der Waals surface area contributed by atoms with Crippen LogP contribution in [0.4, 0.5) is 5.82 Å². The molecule has 1 fully saturated rings. The number of amides is 1. The van der Waals surface area contributed by atoms with Gasteiger partial charge in [-0.2, -0.15) is 0 Å². The maximum atomic E-state index is 12.3. The van der Waals surface area contributed by atoms with Crippen LogP contribution < -0.4 is 9.64 Å². The molecule has 0 spiro atoms. The Morgan fingerprint density at radius 1 is 1.29 bits per heavy atom. The van der Waals surface area contributed by atoms with E-state index in [0.717, 1.165) is 18.9 Å². The molecule has 0 atom stereocenters. The summed E-state index contributed by atoms with van der Waals surface area (Å²) >= 11 is 0. The van der Waals surface area contributed by atoms with Crippen LogP contribution in [0.5, 0.6) is 5.88 Å². The average Bonchev–Trinajstić information content (AvgIpc) is 3.04. The van der Waals surface area contributed by atoms with E-state index in [4.69, 9.17) is 9.26 Å². The number of aromatic nitrogens is 2. The first-order valence-corrected chi connectivity index (χ1v) is 6.74. The van der Waals surface area contributed by atoms with Gasteiger partial charge in [-0.1, -0.05) is 6.07 Å². The predicted octanol–water partition coefficient (Wildman–Crippen LogP) is 1.04. The van der Waals surface area contributed by atoms with Crippen LogP contribution in [0.25, 0.3) is 0 Å². The largest absolute Gasteiger partial charge is 0.479 e. The van der Waals surface area contributed by atoms with Gasteiger partial charge in [0.1, 0.15) is 5.82 Å². The van der Waals surface area contributed by atoms with Crippen LogP contribution in [0.15, 0.2) is 35.0 Å². The molecule has 1 aliphatic rings. The number of rotatable bonds is 3. The van der Waals surface area contributed by atoms with E-state index in [9.17, 15) is 4.79 Å². The Kier molecular flexibility index (Phi) is 3.72. The zero-order valence-corrected chi connectivity index (χ0v) is 11.7. The highest BCUT2D eigenvalue weighted by atomic mass is 16.5. The minimum Gasteiger partial charge on any atom is -0.479 e. The molecule has 3 rings (SSSR count).